The molecule has 1 aromatic carbocycles. The van der Waals surface area contributed by atoms with Crippen LogP contribution in [0, 0.1) is 0 Å². The smallest absolute Gasteiger partial charge is 0.248 e. The first-order chi connectivity index (χ1) is 12.1. The zero-order valence-corrected chi connectivity index (χ0v) is 13.7. The minimum absolute atomic E-state index is 0.172. The molecule has 0 radical (unpaired) electrons. The first-order valence-corrected chi connectivity index (χ1v) is 7.99. The molecule has 0 fully saturated rings. The minimum Gasteiger partial charge on any atom is -0.355 e. The van der Waals surface area contributed by atoms with E-state index in [1.807, 2.05) is 49.6 Å². The summed E-state index contributed by atoms with van der Waals surface area (Å²) >= 11 is 0. The lowest BCUT2D eigenvalue weighted by Gasteiger charge is -2.30. The van der Waals surface area contributed by atoms with E-state index >= 15 is 0 Å². The molecule has 1 aliphatic heterocycles. The Hall–Kier alpha value is -3.19. The van der Waals surface area contributed by atoms with Crippen LogP contribution in [0.3, 0.4) is 0 Å². The molecule has 2 aromatic heterocycles. The number of aryl methyl sites for hydroxylation is 1. The molecule has 3 aromatic rings. The zero-order chi connectivity index (χ0) is 17.4. The number of amides is 1. The monoisotopic (exact) mass is 334 g/mol. The van der Waals surface area contributed by atoms with E-state index < -0.39 is 12.1 Å². The maximum Gasteiger partial charge on any atom is 0.248 e. The number of hydrogen-bond acceptors (Lipinski definition) is 5. The number of carbonyl (C=O) groups is 1. The molecule has 2 atom stereocenters. The van der Waals surface area contributed by atoms with Crippen LogP contribution >= 0.6 is 0 Å². The summed E-state index contributed by atoms with van der Waals surface area (Å²) in [6.07, 6.45) is 5.41. The number of pyridine rings is 1. The molecule has 25 heavy (non-hydrogen) atoms. The van der Waals surface area contributed by atoms with Crippen LogP contribution in [0.25, 0.3) is 11.1 Å². The van der Waals surface area contributed by atoms with Crippen molar-refractivity contribution >= 4 is 17.4 Å². The molecule has 0 saturated carbocycles. The number of anilines is 2. The number of rotatable bonds is 3. The van der Waals surface area contributed by atoms with Gasteiger partial charge in [-0.2, -0.15) is 5.10 Å². The van der Waals surface area contributed by atoms with Crippen LogP contribution < -0.4 is 16.4 Å². The van der Waals surface area contributed by atoms with Crippen molar-refractivity contribution in [2.75, 3.05) is 10.6 Å². The van der Waals surface area contributed by atoms with Crippen molar-refractivity contribution in [1.82, 2.24) is 14.8 Å². The Morgan fingerprint density at radius 3 is 2.72 bits per heavy atom. The topological polar surface area (TPSA) is 97.9 Å². The molecule has 4 N–H and O–H groups in total. The molecule has 1 amide bonds. The lowest BCUT2D eigenvalue weighted by atomic mass is 9.98. The number of aromatic nitrogens is 3. The largest absolute Gasteiger partial charge is 0.355 e. The van der Waals surface area contributed by atoms with E-state index in [0.717, 1.165) is 16.7 Å². The van der Waals surface area contributed by atoms with Gasteiger partial charge in [-0.25, -0.2) is 4.98 Å². The quantitative estimate of drug-likeness (QED) is 0.680. The fourth-order valence-corrected chi connectivity index (χ4v) is 2.95. The predicted molar refractivity (Wildman–Crippen MR) is 95.8 cm³/mol. The van der Waals surface area contributed by atoms with Gasteiger partial charge in [-0.3, -0.25) is 9.48 Å². The van der Waals surface area contributed by atoms with E-state index in [1.54, 1.807) is 17.1 Å². The Labute approximate surface area is 144 Å². The maximum atomic E-state index is 12.5. The molecule has 4 rings (SSSR count). The van der Waals surface area contributed by atoms with Gasteiger partial charge in [0.1, 0.15) is 6.04 Å². The summed E-state index contributed by atoms with van der Waals surface area (Å²) < 4.78 is 1.72. The van der Waals surface area contributed by atoms with Crippen LogP contribution in [0.5, 0.6) is 0 Å². The number of fused-ring (bicyclic) bond motifs is 1. The van der Waals surface area contributed by atoms with Crippen LogP contribution in [0.1, 0.15) is 11.6 Å². The Kier molecular flexibility index (Phi) is 3.70. The Bertz CT molecular complexity index is 920. The third kappa shape index (κ3) is 2.85. The highest BCUT2D eigenvalue weighted by molar-refractivity contribution is 6.03. The van der Waals surface area contributed by atoms with Gasteiger partial charge in [0.25, 0.3) is 0 Å². The summed E-state index contributed by atoms with van der Waals surface area (Å²) in [5, 5.41) is 10.2. The standard InChI is InChI=1S/C18H18N6O/c1-24-10-13(9-21-24)12-7-14-17(20-8-12)23-16(18(25)22-14)15(19)11-5-3-2-4-6-11/h2-10,15-16H,19H2,1H3,(H,20,23)(H,22,25)/t15-,16+/m1/s1. The molecule has 0 spiro atoms. The second kappa shape index (κ2) is 6.03. The maximum absolute atomic E-state index is 12.5. The van der Waals surface area contributed by atoms with Crippen molar-refractivity contribution in [3.8, 4) is 11.1 Å². The fraction of sp³-hybridized carbons (Fsp3) is 0.167. The summed E-state index contributed by atoms with van der Waals surface area (Å²) in [7, 11) is 1.86. The first kappa shape index (κ1) is 15.3. The third-order valence-corrected chi connectivity index (χ3v) is 4.30. The van der Waals surface area contributed by atoms with Gasteiger partial charge in [-0.1, -0.05) is 30.3 Å². The van der Waals surface area contributed by atoms with E-state index in [0.29, 0.717) is 11.5 Å². The van der Waals surface area contributed by atoms with Gasteiger partial charge in [0.15, 0.2) is 5.82 Å². The van der Waals surface area contributed by atoms with Crippen molar-refractivity contribution in [2.45, 2.75) is 12.1 Å². The van der Waals surface area contributed by atoms with Gasteiger partial charge in [0, 0.05) is 30.6 Å². The summed E-state index contributed by atoms with van der Waals surface area (Å²) in [5.41, 5.74) is 9.64. The fourth-order valence-electron chi connectivity index (χ4n) is 2.95. The number of benzene rings is 1. The predicted octanol–water partition coefficient (Wildman–Crippen LogP) is 1.91. The summed E-state index contributed by atoms with van der Waals surface area (Å²) in [6.45, 7) is 0. The van der Waals surface area contributed by atoms with Crippen LogP contribution in [0.2, 0.25) is 0 Å². The number of carbonyl (C=O) groups excluding carboxylic acids is 1. The van der Waals surface area contributed by atoms with Crippen molar-refractivity contribution < 1.29 is 4.79 Å². The Balaban J connectivity index is 1.62. The SMILES string of the molecule is Cn1cc(-c2cnc3c(c2)NC(=O)[C@H]([C@H](N)c2ccccc2)N3)cn1. The number of nitrogens with two attached hydrogens (primary N) is 1. The lowest BCUT2D eigenvalue weighted by molar-refractivity contribution is -0.117. The van der Waals surface area contributed by atoms with Crippen LogP contribution in [-0.4, -0.2) is 26.7 Å². The van der Waals surface area contributed by atoms with Gasteiger partial charge >= 0.3 is 0 Å². The minimum atomic E-state index is -0.577. The van der Waals surface area contributed by atoms with Crippen LogP contribution in [-0.2, 0) is 11.8 Å². The molecule has 0 saturated heterocycles. The van der Waals surface area contributed by atoms with E-state index in [2.05, 4.69) is 20.7 Å². The summed E-state index contributed by atoms with van der Waals surface area (Å²) in [5.74, 6) is 0.442. The molecule has 126 valence electrons. The summed E-state index contributed by atoms with van der Waals surface area (Å²) in [4.78, 5) is 17.0. The van der Waals surface area contributed by atoms with Crippen LogP contribution in [0.15, 0.2) is 55.0 Å². The van der Waals surface area contributed by atoms with Gasteiger partial charge in [-0.05, 0) is 11.6 Å². The molecule has 1 aliphatic rings. The second-order valence-corrected chi connectivity index (χ2v) is 6.07. The molecule has 3 heterocycles. The number of nitrogens with one attached hydrogen (secondary N) is 2. The Morgan fingerprint density at radius 1 is 1.20 bits per heavy atom. The first-order valence-electron chi connectivity index (χ1n) is 7.99. The molecule has 7 heteroatoms. The average molecular weight is 334 g/mol. The van der Waals surface area contributed by atoms with E-state index in [-0.39, 0.29) is 5.91 Å². The van der Waals surface area contributed by atoms with Gasteiger partial charge < -0.3 is 16.4 Å². The highest BCUT2D eigenvalue weighted by Gasteiger charge is 2.32. The van der Waals surface area contributed by atoms with Crippen molar-refractivity contribution in [1.29, 1.82) is 0 Å². The zero-order valence-electron chi connectivity index (χ0n) is 13.7. The van der Waals surface area contributed by atoms with Crippen molar-refractivity contribution in [3.05, 3.63) is 60.6 Å². The molecule has 0 unspecified atom stereocenters. The van der Waals surface area contributed by atoms with Crippen molar-refractivity contribution in [2.24, 2.45) is 12.8 Å². The Morgan fingerprint density at radius 2 is 2.00 bits per heavy atom. The normalized spacial score (nSPS) is 17.4. The number of nitrogens with zero attached hydrogens (tertiary/aromatic N) is 3. The third-order valence-electron chi connectivity index (χ3n) is 4.30. The van der Waals surface area contributed by atoms with Gasteiger partial charge in [0.2, 0.25) is 5.91 Å². The second-order valence-electron chi connectivity index (χ2n) is 6.07. The molecular formula is C18H18N6O. The highest BCUT2D eigenvalue weighted by Crippen LogP contribution is 2.31. The lowest BCUT2D eigenvalue weighted by Crippen LogP contribution is -2.46. The molecule has 0 bridgehead atoms. The average Bonchev–Trinajstić information content (AvgIpc) is 3.07. The number of hydrogen-bond donors (Lipinski definition) is 3. The molecule has 7 nitrogen and oxygen atoms in total. The van der Waals surface area contributed by atoms with Gasteiger partial charge in [0.05, 0.1) is 17.9 Å². The van der Waals surface area contributed by atoms with Gasteiger partial charge in [-0.15, -0.1) is 0 Å². The van der Waals surface area contributed by atoms with E-state index in [4.69, 9.17) is 5.73 Å². The summed E-state index contributed by atoms with van der Waals surface area (Å²) in [6, 6.07) is 10.4. The van der Waals surface area contributed by atoms with Crippen LogP contribution in [0.4, 0.5) is 11.5 Å². The molecule has 0 aliphatic carbocycles. The highest BCUT2D eigenvalue weighted by atomic mass is 16.2. The van der Waals surface area contributed by atoms with E-state index in [9.17, 15) is 4.79 Å². The van der Waals surface area contributed by atoms with Crippen molar-refractivity contribution in [3.63, 3.8) is 0 Å². The van der Waals surface area contributed by atoms with E-state index in [1.165, 1.54) is 0 Å². The molecular weight excluding hydrogens is 316 g/mol.